The zero-order valence-corrected chi connectivity index (χ0v) is 16.3. The zero-order valence-electron chi connectivity index (χ0n) is 14.7. The molecule has 0 fully saturated rings. The number of anilines is 2. The number of amides is 1. The Kier molecular flexibility index (Phi) is 5.71. The fourth-order valence-corrected chi connectivity index (χ4v) is 3.82. The van der Waals surface area contributed by atoms with Gasteiger partial charge >= 0.3 is 0 Å². The van der Waals surface area contributed by atoms with E-state index in [1.165, 1.54) is 34.4 Å². The number of fused-ring (bicyclic) bond motifs is 1. The molecular formula is C17H17ClFN5O2S. The quantitative estimate of drug-likeness (QED) is 0.676. The maximum absolute atomic E-state index is 13.1. The number of rotatable bonds is 6. The third kappa shape index (κ3) is 4.09. The number of nitrogens with zero attached hydrogens (tertiary/aromatic N) is 4. The SMILES string of the molecule is CCN(CC)c1nc2ncn(CC(=O)Nc3ccc(F)cc3Cl)c(=O)c2s1. The molecule has 0 radical (unpaired) electrons. The molecule has 3 rings (SSSR count). The van der Waals surface area contributed by atoms with Crippen LogP contribution in [0, 0.1) is 5.82 Å². The summed E-state index contributed by atoms with van der Waals surface area (Å²) in [6.07, 6.45) is 1.29. The van der Waals surface area contributed by atoms with Crippen LogP contribution in [-0.2, 0) is 11.3 Å². The lowest BCUT2D eigenvalue weighted by atomic mass is 10.3. The van der Waals surface area contributed by atoms with Crippen molar-refractivity contribution in [1.29, 1.82) is 0 Å². The molecule has 0 aliphatic heterocycles. The third-order valence-corrected chi connectivity index (χ3v) is 5.33. The van der Waals surface area contributed by atoms with Gasteiger partial charge in [-0.25, -0.2) is 9.37 Å². The summed E-state index contributed by atoms with van der Waals surface area (Å²) in [4.78, 5) is 35.5. The molecule has 1 amide bonds. The molecule has 1 N–H and O–H groups in total. The molecular weight excluding hydrogens is 393 g/mol. The van der Waals surface area contributed by atoms with Crippen LogP contribution < -0.4 is 15.8 Å². The number of thiazole rings is 1. The first-order chi connectivity index (χ1) is 12.9. The number of hydrogen-bond donors (Lipinski definition) is 1. The van der Waals surface area contributed by atoms with Gasteiger partial charge in [-0.15, -0.1) is 0 Å². The van der Waals surface area contributed by atoms with Crippen LogP contribution in [0.4, 0.5) is 15.2 Å². The Morgan fingerprint density at radius 1 is 1.37 bits per heavy atom. The molecule has 0 aliphatic carbocycles. The Morgan fingerprint density at radius 2 is 2.11 bits per heavy atom. The second-order valence-electron chi connectivity index (χ2n) is 5.67. The Balaban J connectivity index is 1.83. The predicted octanol–water partition coefficient (Wildman–Crippen LogP) is 3.13. The molecule has 10 heteroatoms. The summed E-state index contributed by atoms with van der Waals surface area (Å²) in [6, 6.07) is 3.65. The van der Waals surface area contributed by atoms with E-state index >= 15 is 0 Å². The van der Waals surface area contributed by atoms with Gasteiger partial charge in [-0.3, -0.25) is 14.2 Å². The van der Waals surface area contributed by atoms with Gasteiger partial charge < -0.3 is 10.2 Å². The van der Waals surface area contributed by atoms with Gasteiger partial charge in [0.25, 0.3) is 5.56 Å². The monoisotopic (exact) mass is 409 g/mol. The van der Waals surface area contributed by atoms with E-state index in [1.54, 1.807) is 0 Å². The first-order valence-electron chi connectivity index (χ1n) is 8.28. The average molecular weight is 410 g/mol. The van der Waals surface area contributed by atoms with Gasteiger partial charge in [-0.05, 0) is 32.0 Å². The standard InChI is InChI=1S/C17H17ClFN5O2S/c1-3-23(4-2)17-22-15-14(27-17)16(26)24(9-20-15)8-13(25)21-12-6-5-10(19)7-11(12)18/h5-7,9H,3-4,8H2,1-2H3,(H,21,25). The maximum atomic E-state index is 13.1. The molecule has 142 valence electrons. The van der Waals surface area contributed by atoms with Crippen LogP contribution in [0.2, 0.25) is 5.02 Å². The molecule has 0 saturated heterocycles. The van der Waals surface area contributed by atoms with Gasteiger partial charge in [0.05, 0.1) is 10.7 Å². The maximum Gasteiger partial charge on any atom is 0.273 e. The van der Waals surface area contributed by atoms with Crippen LogP contribution in [0.1, 0.15) is 13.8 Å². The van der Waals surface area contributed by atoms with E-state index in [0.29, 0.717) is 10.3 Å². The summed E-state index contributed by atoms with van der Waals surface area (Å²) in [5.41, 5.74) is 0.299. The average Bonchev–Trinajstić information content (AvgIpc) is 3.06. The molecule has 3 aromatic rings. The molecule has 0 saturated carbocycles. The van der Waals surface area contributed by atoms with Crippen molar-refractivity contribution >= 4 is 50.0 Å². The van der Waals surface area contributed by atoms with E-state index in [9.17, 15) is 14.0 Å². The van der Waals surface area contributed by atoms with Crippen molar-refractivity contribution in [2.75, 3.05) is 23.3 Å². The topological polar surface area (TPSA) is 80.1 Å². The number of halogens is 2. The molecule has 0 spiro atoms. The molecule has 1 aromatic carbocycles. The van der Waals surface area contributed by atoms with Crippen LogP contribution in [0.15, 0.2) is 29.3 Å². The first kappa shape index (κ1) is 19.2. The Hall–Kier alpha value is -2.52. The molecule has 0 bridgehead atoms. The first-order valence-corrected chi connectivity index (χ1v) is 9.48. The van der Waals surface area contributed by atoms with E-state index in [2.05, 4.69) is 15.3 Å². The number of benzene rings is 1. The molecule has 2 aromatic heterocycles. The van der Waals surface area contributed by atoms with Crippen molar-refractivity contribution in [2.24, 2.45) is 0 Å². The van der Waals surface area contributed by atoms with E-state index < -0.39 is 11.7 Å². The normalized spacial score (nSPS) is 11.0. The summed E-state index contributed by atoms with van der Waals surface area (Å²) < 4.78 is 14.7. The highest BCUT2D eigenvalue weighted by Gasteiger charge is 2.15. The summed E-state index contributed by atoms with van der Waals surface area (Å²) >= 11 is 7.15. The second-order valence-corrected chi connectivity index (χ2v) is 7.06. The lowest BCUT2D eigenvalue weighted by molar-refractivity contribution is -0.116. The van der Waals surface area contributed by atoms with Crippen molar-refractivity contribution in [3.8, 4) is 0 Å². The number of carbonyl (C=O) groups excluding carboxylic acids is 1. The summed E-state index contributed by atoms with van der Waals surface area (Å²) in [5.74, 6) is -0.974. The molecule has 27 heavy (non-hydrogen) atoms. The largest absolute Gasteiger partial charge is 0.349 e. The molecule has 0 aliphatic rings. The Morgan fingerprint density at radius 3 is 2.78 bits per heavy atom. The van der Waals surface area contributed by atoms with Gasteiger partial charge in [0.1, 0.15) is 23.4 Å². The van der Waals surface area contributed by atoms with Crippen molar-refractivity contribution in [1.82, 2.24) is 14.5 Å². The number of nitrogens with one attached hydrogen (secondary N) is 1. The Bertz CT molecular complexity index is 1050. The minimum atomic E-state index is -0.502. The number of aromatic nitrogens is 3. The van der Waals surface area contributed by atoms with Crippen LogP contribution in [-0.4, -0.2) is 33.5 Å². The van der Waals surface area contributed by atoms with Crippen LogP contribution in [0.25, 0.3) is 10.3 Å². The highest BCUT2D eigenvalue weighted by molar-refractivity contribution is 7.22. The van der Waals surface area contributed by atoms with Gasteiger partial charge in [-0.2, -0.15) is 4.98 Å². The van der Waals surface area contributed by atoms with Gasteiger partial charge in [0.15, 0.2) is 10.8 Å². The minimum Gasteiger partial charge on any atom is -0.349 e. The van der Waals surface area contributed by atoms with Crippen molar-refractivity contribution in [2.45, 2.75) is 20.4 Å². The van der Waals surface area contributed by atoms with E-state index in [0.717, 1.165) is 24.3 Å². The number of carbonyl (C=O) groups is 1. The molecule has 0 unspecified atom stereocenters. The minimum absolute atomic E-state index is 0.0793. The summed E-state index contributed by atoms with van der Waals surface area (Å²) in [7, 11) is 0. The van der Waals surface area contributed by atoms with E-state index in [1.807, 2.05) is 18.7 Å². The summed E-state index contributed by atoms with van der Waals surface area (Å²) in [6.45, 7) is 5.31. The van der Waals surface area contributed by atoms with Gasteiger partial charge in [0.2, 0.25) is 5.91 Å². The van der Waals surface area contributed by atoms with Crippen LogP contribution in [0.5, 0.6) is 0 Å². The fraction of sp³-hybridized carbons (Fsp3) is 0.294. The van der Waals surface area contributed by atoms with Crippen LogP contribution in [0.3, 0.4) is 0 Å². The molecule has 0 atom stereocenters. The second kappa shape index (κ2) is 8.01. The van der Waals surface area contributed by atoms with Crippen molar-refractivity contribution in [3.63, 3.8) is 0 Å². The van der Waals surface area contributed by atoms with Gasteiger partial charge in [-0.1, -0.05) is 22.9 Å². The van der Waals surface area contributed by atoms with E-state index in [-0.39, 0.29) is 22.8 Å². The Labute approximate surface area is 163 Å². The molecule has 7 nitrogen and oxygen atoms in total. The lowest BCUT2D eigenvalue weighted by Crippen LogP contribution is -2.27. The third-order valence-electron chi connectivity index (χ3n) is 3.93. The fourth-order valence-electron chi connectivity index (χ4n) is 2.51. The van der Waals surface area contributed by atoms with E-state index in [4.69, 9.17) is 11.6 Å². The highest BCUT2D eigenvalue weighted by atomic mass is 35.5. The van der Waals surface area contributed by atoms with Crippen LogP contribution >= 0.6 is 22.9 Å². The smallest absolute Gasteiger partial charge is 0.273 e. The molecule has 2 heterocycles. The summed E-state index contributed by atoms with van der Waals surface area (Å²) in [5, 5.41) is 3.36. The van der Waals surface area contributed by atoms with Crippen molar-refractivity contribution in [3.05, 3.63) is 45.7 Å². The number of hydrogen-bond acceptors (Lipinski definition) is 6. The highest BCUT2D eigenvalue weighted by Crippen LogP contribution is 2.25. The predicted molar refractivity (Wildman–Crippen MR) is 105 cm³/mol. The zero-order chi connectivity index (χ0) is 19.6. The lowest BCUT2D eigenvalue weighted by Gasteiger charge is -2.15. The van der Waals surface area contributed by atoms with Crippen molar-refractivity contribution < 1.29 is 9.18 Å². The van der Waals surface area contributed by atoms with Gasteiger partial charge in [0, 0.05) is 13.1 Å².